The van der Waals surface area contributed by atoms with Crippen LogP contribution in [0.3, 0.4) is 0 Å². The highest BCUT2D eigenvalue weighted by Crippen LogP contribution is 2.28. The summed E-state index contributed by atoms with van der Waals surface area (Å²) >= 11 is 0. The molecule has 5 amide bonds. The molecule has 9 nitrogen and oxygen atoms in total. The number of pyridine rings is 1. The third-order valence-electron chi connectivity index (χ3n) is 6.19. The van der Waals surface area contributed by atoms with Crippen LogP contribution in [-0.4, -0.2) is 69.1 Å². The minimum atomic E-state index is -4.55. The number of benzene rings is 1. The van der Waals surface area contributed by atoms with Gasteiger partial charge in [-0.05, 0) is 31.0 Å². The van der Waals surface area contributed by atoms with E-state index < -0.39 is 36.0 Å². The van der Waals surface area contributed by atoms with Crippen molar-refractivity contribution in [3.05, 3.63) is 65.0 Å². The molecular weight excluding hydrogens is 477 g/mol. The maximum absolute atomic E-state index is 13.0. The molecule has 0 bridgehead atoms. The number of urea groups is 2. The molecule has 1 aromatic heterocycles. The number of imide groups is 1. The van der Waals surface area contributed by atoms with Gasteiger partial charge in [0.25, 0.3) is 0 Å². The van der Waals surface area contributed by atoms with Crippen LogP contribution in [0.4, 0.5) is 22.8 Å². The largest absolute Gasteiger partial charge is 0.433 e. The van der Waals surface area contributed by atoms with Crippen molar-refractivity contribution in [2.45, 2.75) is 39.0 Å². The zero-order valence-corrected chi connectivity index (χ0v) is 19.9. The van der Waals surface area contributed by atoms with Crippen LogP contribution in [0.1, 0.15) is 42.3 Å². The minimum Gasteiger partial charge on any atom is -0.330 e. The second-order valence-corrected chi connectivity index (χ2v) is 8.74. The fourth-order valence-electron chi connectivity index (χ4n) is 4.14. The molecule has 190 valence electrons. The average Bonchev–Trinajstić information content (AvgIpc) is 3.43. The standard InChI is InChI=1S/C24H25F3N6O3/c1-14-4-6-17(7-5-14)21-19(32-11-10-31(16(3)34)23(32)36)13-33(30-21)22(35)29-15(2)18-8-9-20(28-12-18)24(25,26)27/h4-9,12,15,19H,10-11,13H2,1-3H3,(H,29,35)/t15-,19+/m1/s1. The molecule has 1 aromatic carbocycles. The lowest BCUT2D eigenvalue weighted by Crippen LogP contribution is -2.47. The van der Waals surface area contributed by atoms with E-state index in [1.165, 1.54) is 22.9 Å². The topological polar surface area (TPSA) is 98.2 Å². The van der Waals surface area contributed by atoms with Crippen molar-refractivity contribution < 1.29 is 27.6 Å². The molecule has 0 radical (unpaired) electrons. The number of hydrogen-bond donors (Lipinski definition) is 1. The van der Waals surface area contributed by atoms with E-state index in [9.17, 15) is 27.6 Å². The van der Waals surface area contributed by atoms with E-state index in [2.05, 4.69) is 15.4 Å². The van der Waals surface area contributed by atoms with Crippen LogP contribution >= 0.6 is 0 Å². The number of nitrogens with zero attached hydrogens (tertiary/aromatic N) is 5. The van der Waals surface area contributed by atoms with Crippen molar-refractivity contribution in [2.24, 2.45) is 5.10 Å². The van der Waals surface area contributed by atoms with Gasteiger partial charge in [0.15, 0.2) is 0 Å². The average molecular weight is 502 g/mol. The molecule has 0 unspecified atom stereocenters. The summed E-state index contributed by atoms with van der Waals surface area (Å²) in [5.74, 6) is -0.358. The SMILES string of the molecule is CC(=O)N1CCN([C@H]2CN(C(=O)N[C@H](C)c3ccc(C(F)(F)F)nc3)N=C2c2ccc(C)cc2)C1=O. The molecule has 0 aliphatic carbocycles. The van der Waals surface area contributed by atoms with Gasteiger partial charge in [-0.25, -0.2) is 14.6 Å². The molecule has 1 N–H and O–H groups in total. The van der Waals surface area contributed by atoms with Gasteiger partial charge in [-0.1, -0.05) is 35.9 Å². The van der Waals surface area contributed by atoms with Crippen molar-refractivity contribution >= 4 is 23.7 Å². The Morgan fingerprint density at radius 2 is 1.81 bits per heavy atom. The van der Waals surface area contributed by atoms with E-state index in [0.29, 0.717) is 17.8 Å². The van der Waals surface area contributed by atoms with E-state index in [-0.39, 0.29) is 19.0 Å². The number of carbonyl (C=O) groups excluding carboxylic acids is 3. The molecule has 4 rings (SSSR count). The van der Waals surface area contributed by atoms with Crippen LogP contribution in [0.25, 0.3) is 0 Å². The summed E-state index contributed by atoms with van der Waals surface area (Å²) in [6.45, 7) is 5.48. The Hall–Kier alpha value is -3.96. The maximum Gasteiger partial charge on any atom is 0.433 e. The first-order valence-electron chi connectivity index (χ1n) is 11.3. The highest BCUT2D eigenvalue weighted by atomic mass is 19.4. The lowest BCUT2D eigenvalue weighted by molar-refractivity contribution is -0.141. The smallest absolute Gasteiger partial charge is 0.330 e. The molecule has 3 heterocycles. The quantitative estimate of drug-likeness (QED) is 0.692. The highest BCUT2D eigenvalue weighted by molar-refractivity contribution is 6.08. The van der Waals surface area contributed by atoms with Gasteiger partial charge in [-0.2, -0.15) is 18.3 Å². The fraction of sp³-hybridized carbons (Fsp3) is 0.375. The number of hydrogen-bond acceptors (Lipinski definition) is 5. The Morgan fingerprint density at radius 1 is 1.11 bits per heavy atom. The number of amides is 5. The Kier molecular flexibility index (Phi) is 6.70. The molecule has 36 heavy (non-hydrogen) atoms. The third-order valence-corrected chi connectivity index (χ3v) is 6.19. The first-order chi connectivity index (χ1) is 17.0. The van der Waals surface area contributed by atoms with Crippen LogP contribution < -0.4 is 5.32 Å². The van der Waals surface area contributed by atoms with Crippen molar-refractivity contribution in [3.8, 4) is 0 Å². The molecule has 2 atom stereocenters. The number of rotatable bonds is 4. The van der Waals surface area contributed by atoms with Crippen LogP contribution in [0.15, 0.2) is 47.7 Å². The van der Waals surface area contributed by atoms with Crippen molar-refractivity contribution in [2.75, 3.05) is 19.6 Å². The summed E-state index contributed by atoms with van der Waals surface area (Å²) in [6.07, 6.45) is -3.48. The summed E-state index contributed by atoms with van der Waals surface area (Å²) in [5.41, 5.74) is 1.64. The molecule has 2 aliphatic heterocycles. The summed E-state index contributed by atoms with van der Waals surface area (Å²) < 4.78 is 38.4. The Bertz CT molecular complexity index is 1200. The number of aromatic nitrogens is 1. The lowest BCUT2D eigenvalue weighted by atomic mass is 10.0. The predicted octanol–water partition coefficient (Wildman–Crippen LogP) is 3.55. The number of alkyl halides is 3. The number of hydrazone groups is 1. The first-order valence-corrected chi connectivity index (χ1v) is 11.3. The molecule has 2 aromatic rings. The first kappa shape index (κ1) is 25.1. The second kappa shape index (κ2) is 9.59. The van der Waals surface area contributed by atoms with Gasteiger partial charge in [0.2, 0.25) is 5.91 Å². The van der Waals surface area contributed by atoms with Gasteiger partial charge in [0.1, 0.15) is 5.69 Å². The molecule has 2 aliphatic rings. The fourth-order valence-corrected chi connectivity index (χ4v) is 4.14. The minimum absolute atomic E-state index is 0.0600. The van der Waals surface area contributed by atoms with E-state index >= 15 is 0 Å². The van der Waals surface area contributed by atoms with Crippen LogP contribution in [0.5, 0.6) is 0 Å². The number of nitrogens with one attached hydrogen (secondary N) is 1. The van der Waals surface area contributed by atoms with Gasteiger partial charge in [-0.15, -0.1) is 0 Å². The zero-order chi connectivity index (χ0) is 26.2. The molecule has 1 fully saturated rings. The van der Waals surface area contributed by atoms with Gasteiger partial charge >= 0.3 is 18.2 Å². The van der Waals surface area contributed by atoms with Crippen LogP contribution in [-0.2, 0) is 11.0 Å². The summed E-state index contributed by atoms with van der Waals surface area (Å²) in [7, 11) is 0. The van der Waals surface area contributed by atoms with Gasteiger partial charge in [0, 0.05) is 26.2 Å². The Balaban J connectivity index is 1.54. The lowest BCUT2D eigenvalue weighted by Gasteiger charge is -2.25. The zero-order valence-electron chi connectivity index (χ0n) is 19.9. The highest BCUT2D eigenvalue weighted by Gasteiger charge is 2.43. The molecule has 0 spiro atoms. The van der Waals surface area contributed by atoms with Gasteiger partial charge in [0.05, 0.1) is 24.3 Å². The van der Waals surface area contributed by atoms with E-state index in [0.717, 1.165) is 28.3 Å². The number of carbonyl (C=O) groups is 3. The Labute approximate surface area is 205 Å². The van der Waals surface area contributed by atoms with Crippen LogP contribution in [0.2, 0.25) is 0 Å². The van der Waals surface area contributed by atoms with Crippen LogP contribution in [0, 0.1) is 6.92 Å². The van der Waals surface area contributed by atoms with E-state index in [1.54, 1.807) is 6.92 Å². The second-order valence-electron chi connectivity index (χ2n) is 8.74. The van der Waals surface area contributed by atoms with Crippen molar-refractivity contribution in [1.82, 2.24) is 25.1 Å². The predicted molar refractivity (Wildman–Crippen MR) is 124 cm³/mol. The monoisotopic (exact) mass is 502 g/mol. The van der Waals surface area contributed by atoms with Gasteiger partial charge < -0.3 is 10.2 Å². The molecular formula is C24H25F3N6O3. The maximum atomic E-state index is 13.0. The van der Waals surface area contributed by atoms with Crippen molar-refractivity contribution in [3.63, 3.8) is 0 Å². The normalized spacial score (nSPS) is 18.9. The Morgan fingerprint density at radius 3 is 2.36 bits per heavy atom. The molecule has 0 saturated carbocycles. The van der Waals surface area contributed by atoms with E-state index in [1.807, 2.05) is 31.2 Å². The number of halogens is 3. The van der Waals surface area contributed by atoms with Crippen molar-refractivity contribution in [1.29, 1.82) is 0 Å². The number of aryl methyl sites for hydroxylation is 1. The molecule has 1 saturated heterocycles. The third kappa shape index (κ3) is 5.02. The van der Waals surface area contributed by atoms with Gasteiger partial charge in [-0.3, -0.25) is 14.7 Å². The van der Waals surface area contributed by atoms with E-state index in [4.69, 9.17) is 0 Å². The summed E-state index contributed by atoms with van der Waals surface area (Å²) in [4.78, 5) is 43.8. The summed E-state index contributed by atoms with van der Waals surface area (Å²) in [5, 5.41) is 8.40. The summed E-state index contributed by atoms with van der Waals surface area (Å²) in [6, 6.07) is 7.36. The molecule has 12 heteroatoms.